The van der Waals surface area contributed by atoms with E-state index in [-0.39, 0.29) is 5.41 Å². The summed E-state index contributed by atoms with van der Waals surface area (Å²) < 4.78 is 0. The van der Waals surface area contributed by atoms with Crippen molar-refractivity contribution in [1.82, 2.24) is 0 Å². The van der Waals surface area contributed by atoms with Crippen molar-refractivity contribution in [3.8, 4) is 33.4 Å². The summed E-state index contributed by atoms with van der Waals surface area (Å²) in [5, 5.41) is 5.24. The molecule has 0 heteroatoms. The second-order valence-corrected chi connectivity index (χ2v) is 11.2. The molecule has 0 amide bonds. The van der Waals surface area contributed by atoms with Gasteiger partial charge < -0.3 is 0 Å². The van der Waals surface area contributed by atoms with Crippen LogP contribution >= 0.6 is 0 Å². The molecule has 0 spiro atoms. The molecule has 0 radical (unpaired) electrons. The first-order chi connectivity index (χ1) is 19.2. The van der Waals surface area contributed by atoms with Gasteiger partial charge in [0.25, 0.3) is 0 Å². The second kappa shape index (κ2) is 9.54. The van der Waals surface area contributed by atoms with Gasteiger partial charge in [-0.3, -0.25) is 0 Å². The standard InChI is InChI=1S/C39H34/c1-3-23-39(24-4-2)37-25-29(33-17-9-13-27-11-5-7-15-31(27)33)19-21-35(37)36-22-20-30(26-38(36)39)34-18-10-14-28-12-6-8-16-32(28)34/h5-22,25-26H,3-4,23-24H2,1-2H3. The number of benzene rings is 6. The van der Waals surface area contributed by atoms with Crippen LogP contribution in [0, 0.1) is 0 Å². The minimum Gasteiger partial charge on any atom is -0.0653 e. The van der Waals surface area contributed by atoms with Gasteiger partial charge in [0.15, 0.2) is 0 Å². The molecule has 0 heterocycles. The molecular weight excluding hydrogens is 468 g/mol. The lowest BCUT2D eigenvalue weighted by Gasteiger charge is -2.32. The largest absolute Gasteiger partial charge is 0.0653 e. The van der Waals surface area contributed by atoms with E-state index >= 15 is 0 Å². The summed E-state index contributed by atoms with van der Waals surface area (Å²) in [6, 6.07) is 45.5. The molecule has 190 valence electrons. The van der Waals surface area contributed by atoms with Crippen LogP contribution in [-0.2, 0) is 5.41 Å². The summed E-state index contributed by atoms with van der Waals surface area (Å²) in [7, 11) is 0. The number of hydrogen-bond donors (Lipinski definition) is 0. The van der Waals surface area contributed by atoms with E-state index < -0.39 is 0 Å². The average Bonchev–Trinajstić information content (AvgIpc) is 3.25. The Labute approximate surface area is 232 Å². The summed E-state index contributed by atoms with van der Waals surface area (Å²) >= 11 is 0. The van der Waals surface area contributed by atoms with Crippen molar-refractivity contribution in [3.05, 3.63) is 132 Å². The van der Waals surface area contributed by atoms with Gasteiger partial charge in [0.05, 0.1) is 0 Å². The van der Waals surface area contributed by atoms with Crippen molar-refractivity contribution in [3.63, 3.8) is 0 Å². The summed E-state index contributed by atoms with van der Waals surface area (Å²) in [5.74, 6) is 0. The maximum atomic E-state index is 2.53. The maximum absolute atomic E-state index is 2.53. The zero-order valence-electron chi connectivity index (χ0n) is 22.9. The van der Waals surface area contributed by atoms with Gasteiger partial charge in [0.2, 0.25) is 0 Å². The smallest absolute Gasteiger partial charge is 0.0215 e. The Morgan fingerprint density at radius 3 is 1.33 bits per heavy atom. The second-order valence-electron chi connectivity index (χ2n) is 11.2. The zero-order valence-corrected chi connectivity index (χ0v) is 22.9. The van der Waals surface area contributed by atoms with Gasteiger partial charge in [-0.15, -0.1) is 0 Å². The Kier molecular flexibility index (Phi) is 5.85. The van der Waals surface area contributed by atoms with E-state index in [0.717, 1.165) is 12.8 Å². The highest BCUT2D eigenvalue weighted by molar-refractivity contribution is 5.99. The fourth-order valence-electron chi connectivity index (χ4n) is 7.30. The summed E-state index contributed by atoms with van der Waals surface area (Å²) in [5.41, 5.74) is 11.2. The van der Waals surface area contributed by atoms with Crippen LogP contribution in [0.4, 0.5) is 0 Å². The van der Waals surface area contributed by atoms with Gasteiger partial charge in [-0.2, -0.15) is 0 Å². The minimum absolute atomic E-state index is 0.0371. The molecule has 7 rings (SSSR count). The highest BCUT2D eigenvalue weighted by atomic mass is 14.4. The number of hydrogen-bond acceptors (Lipinski definition) is 0. The van der Waals surface area contributed by atoms with E-state index in [4.69, 9.17) is 0 Å². The van der Waals surface area contributed by atoms with Crippen LogP contribution < -0.4 is 0 Å². The average molecular weight is 503 g/mol. The minimum atomic E-state index is 0.0371. The van der Waals surface area contributed by atoms with E-state index in [9.17, 15) is 0 Å². The van der Waals surface area contributed by atoms with E-state index in [2.05, 4.69) is 135 Å². The highest BCUT2D eigenvalue weighted by Crippen LogP contribution is 2.55. The van der Waals surface area contributed by atoms with Crippen molar-refractivity contribution >= 4 is 21.5 Å². The van der Waals surface area contributed by atoms with Crippen LogP contribution in [0.2, 0.25) is 0 Å². The number of fused-ring (bicyclic) bond motifs is 5. The lowest BCUT2D eigenvalue weighted by molar-refractivity contribution is 0.436. The molecule has 6 aromatic carbocycles. The van der Waals surface area contributed by atoms with Gasteiger partial charge in [-0.1, -0.05) is 136 Å². The Hall–Kier alpha value is -4.16. The molecule has 1 aliphatic carbocycles. The van der Waals surface area contributed by atoms with Crippen molar-refractivity contribution in [2.75, 3.05) is 0 Å². The quantitative estimate of drug-likeness (QED) is 0.212. The first-order valence-electron chi connectivity index (χ1n) is 14.5. The summed E-state index contributed by atoms with van der Waals surface area (Å²) in [4.78, 5) is 0. The van der Waals surface area contributed by atoms with E-state index in [1.165, 1.54) is 78.9 Å². The van der Waals surface area contributed by atoms with Gasteiger partial charge in [-0.25, -0.2) is 0 Å². The molecule has 0 aliphatic heterocycles. The molecule has 39 heavy (non-hydrogen) atoms. The van der Waals surface area contributed by atoms with Crippen molar-refractivity contribution < 1.29 is 0 Å². The van der Waals surface area contributed by atoms with Crippen LogP contribution in [-0.4, -0.2) is 0 Å². The fourth-order valence-corrected chi connectivity index (χ4v) is 7.30. The van der Waals surface area contributed by atoms with Gasteiger partial charge in [0.1, 0.15) is 0 Å². The molecule has 0 saturated heterocycles. The monoisotopic (exact) mass is 502 g/mol. The normalized spacial score (nSPS) is 13.5. The third kappa shape index (κ3) is 3.73. The predicted molar refractivity (Wildman–Crippen MR) is 168 cm³/mol. The third-order valence-corrected chi connectivity index (χ3v) is 8.92. The molecule has 0 bridgehead atoms. The molecule has 0 atom stereocenters. The van der Waals surface area contributed by atoms with E-state index in [0.29, 0.717) is 0 Å². The van der Waals surface area contributed by atoms with Crippen molar-refractivity contribution in [2.45, 2.75) is 44.9 Å². The van der Waals surface area contributed by atoms with Crippen LogP contribution in [0.5, 0.6) is 0 Å². The molecule has 0 fully saturated rings. The Balaban J connectivity index is 1.44. The Bertz CT molecular complexity index is 1690. The highest BCUT2D eigenvalue weighted by Gasteiger charge is 2.42. The molecule has 6 aromatic rings. The molecule has 0 saturated carbocycles. The third-order valence-electron chi connectivity index (χ3n) is 8.92. The molecule has 1 aliphatic rings. The molecule has 0 N–H and O–H groups in total. The summed E-state index contributed by atoms with van der Waals surface area (Å²) in [6.07, 6.45) is 4.66. The van der Waals surface area contributed by atoms with E-state index in [1.54, 1.807) is 0 Å². The van der Waals surface area contributed by atoms with Crippen LogP contribution in [0.15, 0.2) is 121 Å². The first-order valence-corrected chi connectivity index (χ1v) is 14.5. The number of rotatable bonds is 6. The van der Waals surface area contributed by atoms with Crippen molar-refractivity contribution in [2.24, 2.45) is 0 Å². The molecular formula is C39H34. The first kappa shape index (κ1) is 23.9. The predicted octanol–water partition coefficient (Wildman–Crippen LogP) is 11.2. The Morgan fingerprint density at radius 1 is 0.436 bits per heavy atom. The molecule has 0 unspecified atom stereocenters. The topological polar surface area (TPSA) is 0 Å². The summed E-state index contributed by atoms with van der Waals surface area (Å²) in [6.45, 7) is 4.69. The van der Waals surface area contributed by atoms with Crippen LogP contribution in [0.25, 0.3) is 54.9 Å². The van der Waals surface area contributed by atoms with Gasteiger partial charge >= 0.3 is 0 Å². The molecule has 0 nitrogen and oxygen atoms in total. The SMILES string of the molecule is CCCC1(CCC)c2cc(-c3cccc4ccccc34)ccc2-c2ccc(-c3cccc4ccccc34)cc21. The lowest BCUT2D eigenvalue weighted by Crippen LogP contribution is -2.25. The Morgan fingerprint density at radius 2 is 0.872 bits per heavy atom. The van der Waals surface area contributed by atoms with E-state index in [1.807, 2.05) is 0 Å². The van der Waals surface area contributed by atoms with Crippen LogP contribution in [0.1, 0.15) is 50.7 Å². The van der Waals surface area contributed by atoms with Crippen molar-refractivity contribution in [1.29, 1.82) is 0 Å². The fraction of sp³-hybridized carbons (Fsp3) is 0.179. The molecule has 0 aromatic heterocycles. The maximum Gasteiger partial charge on any atom is 0.0215 e. The lowest BCUT2D eigenvalue weighted by atomic mass is 9.70. The van der Waals surface area contributed by atoms with Gasteiger partial charge in [0, 0.05) is 5.41 Å². The zero-order chi connectivity index (χ0) is 26.4. The van der Waals surface area contributed by atoms with Gasteiger partial charge in [-0.05, 0) is 91.0 Å². The van der Waals surface area contributed by atoms with Crippen LogP contribution in [0.3, 0.4) is 0 Å².